The molecule has 0 unspecified atom stereocenters. The number of hydrogen-bond acceptors (Lipinski definition) is 2. The van der Waals surface area contributed by atoms with Gasteiger partial charge in [0.05, 0.1) is 16.4 Å². The van der Waals surface area contributed by atoms with Crippen molar-refractivity contribution in [2.24, 2.45) is 0 Å². The van der Waals surface area contributed by atoms with Crippen molar-refractivity contribution in [1.82, 2.24) is 9.78 Å². The Labute approximate surface area is 181 Å². The summed E-state index contributed by atoms with van der Waals surface area (Å²) < 4.78 is 41.4. The van der Waals surface area contributed by atoms with Crippen molar-refractivity contribution < 1.29 is 18.0 Å². The highest BCUT2D eigenvalue weighted by atomic mass is 35.5. The molecule has 0 atom stereocenters. The summed E-state index contributed by atoms with van der Waals surface area (Å²) >= 11 is 6.22. The summed E-state index contributed by atoms with van der Waals surface area (Å²) in [6, 6.07) is 20.1. The summed E-state index contributed by atoms with van der Waals surface area (Å²) in [5, 5.41) is 4.01. The average molecular weight is 441 g/mol. The van der Waals surface area contributed by atoms with Crippen molar-refractivity contribution in [2.45, 2.75) is 13.1 Å². The first-order valence-electron chi connectivity index (χ1n) is 9.37. The van der Waals surface area contributed by atoms with Crippen LogP contribution in [0.1, 0.15) is 21.6 Å². The van der Waals surface area contributed by atoms with Crippen LogP contribution in [0.15, 0.2) is 72.8 Å². The molecule has 3 nitrogen and oxygen atoms in total. The van der Waals surface area contributed by atoms with Gasteiger partial charge in [-0.05, 0) is 42.3 Å². The van der Waals surface area contributed by atoms with Crippen LogP contribution in [-0.4, -0.2) is 16.1 Å². The Hall–Kier alpha value is -3.38. The van der Waals surface area contributed by atoms with Crippen molar-refractivity contribution in [3.8, 4) is 28.1 Å². The zero-order valence-corrected chi connectivity index (χ0v) is 17.1. The van der Waals surface area contributed by atoms with Gasteiger partial charge in [-0.25, -0.2) is 4.68 Å². The highest BCUT2D eigenvalue weighted by Crippen LogP contribution is 2.36. The van der Waals surface area contributed by atoms with Crippen LogP contribution in [0.25, 0.3) is 28.1 Å². The molecule has 1 aromatic heterocycles. The molecule has 0 aliphatic rings. The number of carbonyl (C=O) groups is 1. The minimum Gasteiger partial charge on any atom is -0.298 e. The first-order chi connectivity index (χ1) is 14.8. The maximum Gasteiger partial charge on any atom is 0.435 e. The number of aromatic nitrogens is 2. The number of halogens is 4. The predicted molar refractivity (Wildman–Crippen MR) is 115 cm³/mol. The SMILES string of the molecule is Cc1cccc(-c2ccc(-c3cc(C(F)(F)F)nn3-c3ccccc3Cl)cc2C=O)c1. The average Bonchev–Trinajstić information content (AvgIpc) is 3.19. The summed E-state index contributed by atoms with van der Waals surface area (Å²) in [6.07, 6.45) is -3.93. The Balaban J connectivity index is 1.91. The molecule has 7 heteroatoms. The Kier molecular flexibility index (Phi) is 5.41. The van der Waals surface area contributed by atoms with Crippen molar-refractivity contribution in [2.75, 3.05) is 0 Å². The standard InChI is InChI=1S/C24H16ClF3N2O/c1-15-5-4-6-16(11-15)19-10-9-17(12-18(19)14-31)22-13-23(24(26,27)28)29-30(22)21-8-3-2-7-20(21)25/h2-14H,1H3. The van der Waals surface area contributed by atoms with E-state index in [0.717, 1.165) is 21.9 Å². The van der Waals surface area contributed by atoms with Crippen LogP contribution in [0.3, 0.4) is 0 Å². The van der Waals surface area contributed by atoms with Crippen LogP contribution in [-0.2, 0) is 6.18 Å². The Bertz CT molecular complexity index is 1280. The molecule has 0 saturated heterocycles. The van der Waals surface area contributed by atoms with Gasteiger partial charge < -0.3 is 0 Å². The van der Waals surface area contributed by atoms with Gasteiger partial charge in [-0.3, -0.25) is 4.79 Å². The molecule has 0 aliphatic heterocycles. The van der Waals surface area contributed by atoms with Gasteiger partial charge in [-0.1, -0.05) is 65.7 Å². The zero-order valence-electron chi connectivity index (χ0n) is 16.3. The minimum atomic E-state index is -4.63. The van der Waals surface area contributed by atoms with E-state index in [4.69, 9.17) is 11.6 Å². The highest BCUT2D eigenvalue weighted by molar-refractivity contribution is 6.32. The van der Waals surface area contributed by atoms with Gasteiger partial charge in [0.15, 0.2) is 12.0 Å². The molecular weight excluding hydrogens is 425 g/mol. The monoisotopic (exact) mass is 440 g/mol. The molecule has 0 radical (unpaired) electrons. The number of hydrogen-bond donors (Lipinski definition) is 0. The molecule has 0 spiro atoms. The molecule has 156 valence electrons. The van der Waals surface area contributed by atoms with Crippen molar-refractivity contribution in [3.05, 3.63) is 94.6 Å². The minimum absolute atomic E-state index is 0.180. The highest BCUT2D eigenvalue weighted by Gasteiger charge is 2.35. The lowest BCUT2D eigenvalue weighted by Gasteiger charge is -2.12. The van der Waals surface area contributed by atoms with E-state index < -0.39 is 11.9 Å². The fourth-order valence-electron chi connectivity index (χ4n) is 3.43. The van der Waals surface area contributed by atoms with Crippen LogP contribution in [0.5, 0.6) is 0 Å². The predicted octanol–water partition coefficient (Wildman–Crippen LogP) is 7.00. The van der Waals surface area contributed by atoms with Crippen LogP contribution in [0.4, 0.5) is 13.2 Å². The summed E-state index contributed by atoms with van der Waals surface area (Å²) in [6.45, 7) is 1.94. The van der Waals surface area contributed by atoms with E-state index in [-0.39, 0.29) is 10.7 Å². The fraction of sp³-hybridized carbons (Fsp3) is 0.0833. The summed E-state index contributed by atoms with van der Waals surface area (Å²) in [4.78, 5) is 11.8. The van der Waals surface area contributed by atoms with Gasteiger partial charge in [0.2, 0.25) is 0 Å². The number of carbonyl (C=O) groups excluding carboxylic acids is 1. The molecular formula is C24H16ClF3N2O. The Morgan fingerprint density at radius 3 is 2.39 bits per heavy atom. The van der Waals surface area contributed by atoms with Gasteiger partial charge in [0, 0.05) is 11.1 Å². The fourth-order valence-corrected chi connectivity index (χ4v) is 3.64. The molecule has 1 heterocycles. The Morgan fingerprint density at radius 2 is 1.71 bits per heavy atom. The quantitative estimate of drug-likeness (QED) is 0.320. The first-order valence-corrected chi connectivity index (χ1v) is 9.74. The van der Waals surface area contributed by atoms with Crippen molar-refractivity contribution in [1.29, 1.82) is 0 Å². The third-order valence-corrected chi connectivity index (χ3v) is 5.20. The molecule has 0 saturated carbocycles. The molecule has 0 N–H and O–H groups in total. The number of para-hydroxylation sites is 1. The number of alkyl halides is 3. The topological polar surface area (TPSA) is 34.9 Å². The molecule has 4 aromatic rings. The molecule has 0 fully saturated rings. The van der Waals surface area contributed by atoms with Gasteiger partial charge >= 0.3 is 6.18 Å². The van der Waals surface area contributed by atoms with Crippen LogP contribution in [0.2, 0.25) is 5.02 Å². The number of benzene rings is 3. The molecule has 0 amide bonds. The Morgan fingerprint density at radius 1 is 0.935 bits per heavy atom. The third kappa shape index (κ3) is 4.11. The van der Waals surface area contributed by atoms with Crippen LogP contribution >= 0.6 is 11.6 Å². The van der Waals surface area contributed by atoms with E-state index in [1.54, 1.807) is 42.5 Å². The zero-order chi connectivity index (χ0) is 22.2. The van der Waals surface area contributed by atoms with Gasteiger partial charge in [-0.15, -0.1) is 0 Å². The normalized spacial score (nSPS) is 11.5. The largest absolute Gasteiger partial charge is 0.435 e. The van der Waals surface area contributed by atoms with E-state index >= 15 is 0 Å². The number of aldehydes is 1. The van der Waals surface area contributed by atoms with E-state index in [9.17, 15) is 18.0 Å². The molecule has 31 heavy (non-hydrogen) atoms. The van der Waals surface area contributed by atoms with Gasteiger partial charge in [-0.2, -0.15) is 18.3 Å². The lowest BCUT2D eigenvalue weighted by Crippen LogP contribution is -2.07. The smallest absolute Gasteiger partial charge is 0.298 e. The maximum atomic E-state index is 13.4. The summed E-state index contributed by atoms with van der Waals surface area (Å²) in [7, 11) is 0. The second kappa shape index (κ2) is 8.04. The molecule has 3 aromatic carbocycles. The van der Waals surface area contributed by atoms with Gasteiger partial charge in [0.25, 0.3) is 0 Å². The van der Waals surface area contributed by atoms with Crippen LogP contribution in [0, 0.1) is 6.92 Å². The molecule has 0 aliphatic carbocycles. The van der Waals surface area contributed by atoms with E-state index in [1.807, 2.05) is 31.2 Å². The maximum absolute atomic E-state index is 13.4. The second-order valence-electron chi connectivity index (χ2n) is 7.07. The summed E-state index contributed by atoms with van der Waals surface area (Å²) in [5.74, 6) is 0. The number of rotatable bonds is 4. The van der Waals surface area contributed by atoms with E-state index in [0.29, 0.717) is 28.7 Å². The number of aryl methyl sites for hydroxylation is 1. The van der Waals surface area contributed by atoms with Gasteiger partial charge in [0.1, 0.15) is 0 Å². The second-order valence-corrected chi connectivity index (χ2v) is 7.47. The van der Waals surface area contributed by atoms with Crippen molar-refractivity contribution >= 4 is 17.9 Å². The van der Waals surface area contributed by atoms with E-state index in [1.165, 1.54) is 0 Å². The molecule has 4 rings (SSSR count). The number of nitrogens with zero attached hydrogens (tertiary/aromatic N) is 2. The van der Waals surface area contributed by atoms with E-state index in [2.05, 4.69) is 5.10 Å². The van der Waals surface area contributed by atoms with Crippen molar-refractivity contribution in [3.63, 3.8) is 0 Å². The lowest BCUT2D eigenvalue weighted by molar-refractivity contribution is -0.141. The first kappa shape index (κ1) is 20.9. The lowest BCUT2D eigenvalue weighted by atomic mass is 9.96. The van der Waals surface area contributed by atoms with Crippen LogP contribution < -0.4 is 0 Å². The summed E-state index contributed by atoms with van der Waals surface area (Å²) in [5.41, 5.74) is 2.81. The molecule has 0 bridgehead atoms. The third-order valence-electron chi connectivity index (χ3n) is 4.88.